The molecule has 0 aliphatic rings. The summed E-state index contributed by atoms with van der Waals surface area (Å²) < 4.78 is 55.9. The number of benzene rings is 7. The van der Waals surface area contributed by atoms with Gasteiger partial charge in [0, 0.05) is 33.5 Å². The fourth-order valence-corrected chi connectivity index (χ4v) is 7.99. The predicted molar refractivity (Wildman–Crippen MR) is 236 cm³/mol. The van der Waals surface area contributed by atoms with Gasteiger partial charge in [-0.05, 0) is 96.1 Å². The molecular weight excluding hydrogens is 821 g/mol. The topological polar surface area (TPSA) is 233 Å². The Hall–Kier alpha value is -7.96. The van der Waals surface area contributed by atoms with E-state index in [-0.39, 0.29) is 21.2 Å². The number of amides is 8. The molecule has 18 heteroatoms. The number of sulfonamides is 2. The Morgan fingerprint density at radius 1 is 0.377 bits per heavy atom. The van der Waals surface area contributed by atoms with Gasteiger partial charge in [-0.1, -0.05) is 78.9 Å². The summed E-state index contributed by atoms with van der Waals surface area (Å²) in [5.41, 5.74) is 2.44. The van der Waals surface area contributed by atoms with Crippen LogP contribution in [0.2, 0.25) is 0 Å². The maximum atomic E-state index is 13.0. The van der Waals surface area contributed by atoms with Crippen molar-refractivity contribution in [3.05, 3.63) is 157 Å². The van der Waals surface area contributed by atoms with Gasteiger partial charge in [-0.15, -0.1) is 0 Å². The minimum atomic E-state index is -4.38. The zero-order chi connectivity index (χ0) is 43.1. The molecule has 0 aliphatic heterocycles. The molecule has 0 radical (unpaired) electrons. The van der Waals surface area contributed by atoms with E-state index in [0.717, 1.165) is 21.5 Å². The molecule has 0 unspecified atom stereocenters. The van der Waals surface area contributed by atoms with Gasteiger partial charge in [0.05, 0.1) is 21.2 Å². The van der Waals surface area contributed by atoms with E-state index in [0.29, 0.717) is 28.3 Å². The average Bonchev–Trinajstić information content (AvgIpc) is 3.22. The molecule has 0 saturated carbocycles. The second kappa shape index (κ2) is 17.5. The molecule has 61 heavy (non-hydrogen) atoms. The molecule has 0 heterocycles. The molecule has 7 aromatic rings. The van der Waals surface area contributed by atoms with Crippen LogP contribution in [0.3, 0.4) is 0 Å². The maximum Gasteiger partial charge on any atom is 0.333 e. The zero-order valence-electron chi connectivity index (χ0n) is 32.0. The molecule has 0 bridgehead atoms. The summed E-state index contributed by atoms with van der Waals surface area (Å²) in [6, 6.07) is 37.3. The van der Waals surface area contributed by atoms with Crippen molar-refractivity contribution >= 4 is 99.8 Å². The van der Waals surface area contributed by atoms with Crippen molar-refractivity contribution < 1.29 is 36.0 Å². The Kier molecular flexibility index (Phi) is 11.8. The average molecular weight is 857 g/mol. The van der Waals surface area contributed by atoms with Crippen LogP contribution in [0.15, 0.2) is 161 Å². The highest BCUT2D eigenvalue weighted by Crippen LogP contribution is 2.26. The molecule has 16 nitrogen and oxygen atoms in total. The Morgan fingerprint density at radius 2 is 0.754 bits per heavy atom. The molecule has 0 spiro atoms. The molecule has 8 N–H and O–H groups in total. The Labute approximate surface area is 349 Å². The largest absolute Gasteiger partial charge is 0.333 e. The van der Waals surface area contributed by atoms with Gasteiger partial charge in [-0.2, -0.15) is 0 Å². The van der Waals surface area contributed by atoms with E-state index in [4.69, 9.17) is 0 Å². The first-order valence-corrected chi connectivity index (χ1v) is 21.3. The van der Waals surface area contributed by atoms with Gasteiger partial charge in [0.25, 0.3) is 20.0 Å². The van der Waals surface area contributed by atoms with Crippen LogP contribution in [0, 0.1) is 6.92 Å². The van der Waals surface area contributed by atoms with Crippen LogP contribution in [0.25, 0.3) is 21.5 Å². The fourth-order valence-electron chi connectivity index (χ4n) is 6.17. The summed E-state index contributed by atoms with van der Waals surface area (Å²) in [4.78, 5) is 50.5. The molecular formula is C43H36N8O8S2. The number of fused-ring (bicyclic) bond motifs is 2. The first-order valence-electron chi connectivity index (χ1n) is 18.3. The van der Waals surface area contributed by atoms with Crippen LogP contribution in [0.4, 0.5) is 53.3 Å². The van der Waals surface area contributed by atoms with Gasteiger partial charge in [0.15, 0.2) is 0 Å². The maximum absolute atomic E-state index is 13.0. The summed E-state index contributed by atoms with van der Waals surface area (Å²) >= 11 is 0. The lowest BCUT2D eigenvalue weighted by molar-refractivity contribution is 0.255. The third kappa shape index (κ3) is 10.2. The fraction of sp³-hybridized carbons (Fsp3) is 0.0233. The van der Waals surface area contributed by atoms with Gasteiger partial charge >= 0.3 is 24.1 Å². The lowest BCUT2D eigenvalue weighted by atomic mass is 10.1. The van der Waals surface area contributed by atoms with Crippen molar-refractivity contribution in [3.8, 4) is 0 Å². The molecule has 7 aromatic carbocycles. The standard InChI is InChI=1S/C43H36N8O8S2/c1-27-16-17-32(46-42(54)50-60(56,57)33-22-18-30(19-23-33)44-40(52)47-37-14-6-10-28-8-2-4-12-35(28)37)26-39(27)49-43(55)51-61(58,59)34-24-20-31(21-25-34)45-41(53)48-38-15-7-11-29-9-3-5-13-36(29)38/h2-26H,1H3,(H2,44,47,52)(H2,45,48,53)(H2,46,50,54)(H2,49,51,55). The lowest BCUT2D eigenvalue weighted by Crippen LogP contribution is -2.35. The van der Waals surface area contributed by atoms with Crippen molar-refractivity contribution in [1.29, 1.82) is 0 Å². The number of carbonyl (C=O) groups is 4. The molecule has 0 aliphatic carbocycles. The number of carbonyl (C=O) groups excluding carboxylic acids is 4. The monoisotopic (exact) mass is 856 g/mol. The second-order valence-corrected chi connectivity index (χ2v) is 16.8. The van der Waals surface area contributed by atoms with E-state index in [1.54, 1.807) is 19.1 Å². The van der Waals surface area contributed by atoms with E-state index in [2.05, 4.69) is 31.9 Å². The first kappa shape index (κ1) is 41.2. The summed E-state index contributed by atoms with van der Waals surface area (Å²) in [6.45, 7) is 1.62. The van der Waals surface area contributed by atoms with Crippen molar-refractivity contribution in [2.75, 3.05) is 31.9 Å². The van der Waals surface area contributed by atoms with Crippen LogP contribution < -0.4 is 41.3 Å². The predicted octanol–water partition coefficient (Wildman–Crippen LogP) is 8.61. The Bertz CT molecular complexity index is 3040. The Balaban J connectivity index is 0.904. The van der Waals surface area contributed by atoms with E-state index < -0.39 is 44.2 Å². The molecule has 0 atom stereocenters. The zero-order valence-corrected chi connectivity index (χ0v) is 33.6. The smallest absolute Gasteiger partial charge is 0.308 e. The van der Waals surface area contributed by atoms with Crippen LogP contribution in [0.5, 0.6) is 0 Å². The summed E-state index contributed by atoms with van der Waals surface area (Å²) in [6.07, 6.45) is 0. The van der Waals surface area contributed by atoms with Gasteiger partial charge < -0.3 is 31.9 Å². The molecule has 0 fully saturated rings. The normalized spacial score (nSPS) is 11.2. The van der Waals surface area contributed by atoms with Crippen molar-refractivity contribution in [2.45, 2.75) is 16.7 Å². The number of hydrogen-bond donors (Lipinski definition) is 8. The molecule has 308 valence electrons. The minimum absolute atomic E-state index is 0.0702. The quantitative estimate of drug-likeness (QED) is 0.0662. The van der Waals surface area contributed by atoms with Gasteiger partial charge in [0.1, 0.15) is 0 Å². The first-order chi connectivity index (χ1) is 29.2. The molecule has 8 amide bonds. The van der Waals surface area contributed by atoms with Crippen LogP contribution in [0.1, 0.15) is 5.56 Å². The highest BCUT2D eigenvalue weighted by Gasteiger charge is 2.21. The molecule has 0 saturated heterocycles. The summed E-state index contributed by atoms with van der Waals surface area (Å²) in [7, 11) is -8.75. The number of rotatable bonds is 10. The SMILES string of the molecule is Cc1ccc(NC(=O)NS(=O)(=O)c2ccc(NC(=O)Nc3cccc4ccccc34)cc2)cc1NC(=O)NS(=O)(=O)c1ccc(NC(=O)Nc2cccc3ccccc23)cc1. The van der Waals surface area contributed by atoms with E-state index in [9.17, 15) is 36.0 Å². The number of nitrogens with one attached hydrogen (secondary N) is 8. The Morgan fingerprint density at radius 3 is 1.23 bits per heavy atom. The van der Waals surface area contributed by atoms with E-state index >= 15 is 0 Å². The molecule has 0 aromatic heterocycles. The lowest BCUT2D eigenvalue weighted by Gasteiger charge is -2.14. The van der Waals surface area contributed by atoms with Crippen molar-refractivity contribution in [3.63, 3.8) is 0 Å². The number of urea groups is 4. The van der Waals surface area contributed by atoms with Gasteiger partial charge in [0.2, 0.25) is 0 Å². The van der Waals surface area contributed by atoms with E-state index in [1.165, 1.54) is 66.7 Å². The van der Waals surface area contributed by atoms with Gasteiger partial charge in [-0.3, -0.25) is 0 Å². The minimum Gasteiger partial charge on any atom is -0.308 e. The third-order valence-corrected chi connectivity index (χ3v) is 11.8. The molecule has 7 rings (SSSR count). The summed E-state index contributed by atoms with van der Waals surface area (Å²) in [5, 5.41) is 19.2. The number of anilines is 6. The second-order valence-electron chi connectivity index (χ2n) is 13.4. The number of hydrogen-bond acceptors (Lipinski definition) is 8. The van der Waals surface area contributed by atoms with Crippen molar-refractivity contribution in [1.82, 2.24) is 9.44 Å². The highest BCUT2D eigenvalue weighted by atomic mass is 32.2. The summed E-state index contributed by atoms with van der Waals surface area (Å²) in [5.74, 6) is 0. The number of aryl methyl sites for hydroxylation is 1. The third-order valence-electron chi connectivity index (χ3n) is 9.12. The van der Waals surface area contributed by atoms with Gasteiger partial charge in [-0.25, -0.2) is 45.5 Å². The van der Waals surface area contributed by atoms with Crippen LogP contribution in [-0.2, 0) is 20.0 Å². The van der Waals surface area contributed by atoms with E-state index in [1.807, 2.05) is 82.2 Å². The van der Waals surface area contributed by atoms with Crippen LogP contribution in [-0.4, -0.2) is 41.0 Å². The van der Waals surface area contributed by atoms with Crippen molar-refractivity contribution in [2.24, 2.45) is 0 Å². The highest BCUT2D eigenvalue weighted by molar-refractivity contribution is 7.90. The van der Waals surface area contributed by atoms with Crippen LogP contribution >= 0.6 is 0 Å².